The molecule has 0 bridgehead atoms. The van der Waals surface area contributed by atoms with Crippen molar-refractivity contribution in [2.24, 2.45) is 0 Å². The van der Waals surface area contributed by atoms with E-state index in [4.69, 9.17) is 28.9 Å². The van der Waals surface area contributed by atoms with Gasteiger partial charge in [0.15, 0.2) is 0 Å². The number of hydrogen-bond acceptors (Lipinski definition) is 4. The molecule has 100 valence electrons. The van der Waals surface area contributed by atoms with E-state index in [2.05, 4.69) is 20.5 Å². The Hall–Kier alpha value is -1.79. The third kappa shape index (κ3) is 3.59. The number of rotatable bonds is 4. The Balaban J connectivity index is 1.88. The number of benzene rings is 1. The number of aromatic nitrogens is 3. The molecular weight excluding hydrogens is 289 g/mol. The zero-order valence-corrected chi connectivity index (χ0v) is 11.3. The maximum absolute atomic E-state index is 11.6. The van der Waals surface area contributed by atoms with E-state index < -0.39 is 0 Å². The van der Waals surface area contributed by atoms with Crippen LogP contribution in [0.1, 0.15) is 16.2 Å². The number of carbonyl (C=O) groups excluding carboxylic acids is 1. The topological polar surface area (TPSA) is 96.7 Å². The highest BCUT2D eigenvalue weighted by Gasteiger charge is 2.10. The number of amides is 1. The molecule has 0 atom stereocenters. The lowest BCUT2D eigenvalue weighted by molar-refractivity contribution is 0.0944. The molecule has 0 saturated heterocycles. The molecule has 0 saturated carbocycles. The van der Waals surface area contributed by atoms with Gasteiger partial charge in [-0.2, -0.15) is 4.98 Å². The Labute approximate surface area is 119 Å². The van der Waals surface area contributed by atoms with Crippen LogP contribution in [0.2, 0.25) is 10.0 Å². The zero-order valence-electron chi connectivity index (χ0n) is 9.78. The quantitative estimate of drug-likeness (QED) is 0.800. The van der Waals surface area contributed by atoms with Crippen LogP contribution in [0, 0.1) is 0 Å². The predicted molar refractivity (Wildman–Crippen MR) is 73.3 cm³/mol. The molecule has 0 aliphatic rings. The minimum Gasteiger partial charge on any atom is -0.366 e. The summed E-state index contributed by atoms with van der Waals surface area (Å²) in [5.41, 5.74) is 6.21. The van der Waals surface area contributed by atoms with Crippen molar-refractivity contribution in [3.63, 3.8) is 0 Å². The van der Waals surface area contributed by atoms with Gasteiger partial charge in [0.25, 0.3) is 5.91 Å². The lowest BCUT2D eigenvalue weighted by atomic mass is 10.1. The lowest BCUT2D eigenvalue weighted by Gasteiger charge is -2.05. The second kappa shape index (κ2) is 5.90. The van der Waals surface area contributed by atoms with Crippen molar-refractivity contribution in [2.45, 2.75) is 6.42 Å². The summed E-state index contributed by atoms with van der Waals surface area (Å²) in [5, 5.41) is 9.84. The van der Waals surface area contributed by atoms with Gasteiger partial charge >= 0.3 is 0 Å². The number of nitrogens with one attached hydrogen (secondary N) is 2. The van der Waals surface area contributed by atoms with Gasteiger partial charge in [-0.15, -0.1) is 5.10 Å². The third-order valence-corrected chi connectivity index (χ3v) is 3.00. The summed E-state index contributed by atoms with van der Waals surface area (Å²) in [6, 6.07) is 5.24. The molecule has 1 aromatic carbocycles. The monoisotopic (exact) mass is 299 g/mol. The number of nitrogen functional groups attached to an aromatic ring is 1. The van der Waals surface area contributed by atoms with Crippen LogP contribution < -0.4 is 11.1 Å². The molecule has 1 aromatic heterocycles. The van der Waals surface area contributed by atoms with Gasteiger partial charge in [0.05, 0.1) is 0 Å². The van der Waals surface area contributed by atoms with E-state index >= 15 is 0 Å². The number of halogens is 2. The molecule has 0 fully saturated rings. The minimum atomic E-state index is -0.366. The molecule has 0 spiro atoms. The summed E-state index contributed by atoms with van der Waals surface area (Å²) in [6.45, 7) is 0.417. The van der Waals surface area contributed by atoms with Gasteiger partial charge in [0.1, 0.15) is 0 Å². The lowest BCUT2D eigenvalue weighted by Crippen LogP contribution is -2.26. The van der Waals surface area contributed by atoms with Crippen LogP contribution in [0.4, 0.5) is 5.95 Å². The van der Waals surface area contributed by atoms with Gasteiger partial charge in [-0.05, 0) is 24.1 Å². The number of carbonyl (C=O) groups is 1. The summed E-state index contributed by atoms with van der Waals surface area (Å²) >= 11 is 11.8. The average Bonchev–Trinajstić information content (AvgIpc) is 2.78. The van der Waals surface area contributed by atoms with Crippen LogP contribution in [-0.2, 0) is 6.42 Å². The normalized spacial score (nSPS) is 10.4. The van der Waals surface area contributed by atoms with Crippen molar-refractivity contribution < 1.29 is 4.79 Å². The second-order valence-corrected chi connectivity index (χ2v) is 4.63. The first-order valence-electron chi connectivity index (χ1n) is 5.46. The van der Waals surface area contributed by atoms with E-state index in [1.807, 2.05) is 6.07 Å². The Morgan fingerprint density at radius 1 is 1.42 bits per heavy atom. The van der Waals surface area contributed by atoms with Gasteiger partial charge in [-0.25, -0.2) is 0 Å². The van der Waals surface area contributed by atoms with E-state index in [1.54, 1.807) is 12.1 Å². The molecule has 0 aliphatic carbocycles. The Morgan fingerprint density at radius 2 is 2.21 bits per heavy atom. The first-order valence-corrected chi connectivity index (χ1v) is 6.22. The van der Waals surface area contributed by atoms with E-state index in [-0.39, 0.29) is 17.7 Å². The van der Waals surface area contributed by atoms with Gasteiger partial charge in [0, 0.05) is 16.6 Å². The average molecular weight is 300 g/mol. The summed E-state index contributed by atoms with van der Waals surface area (Å²) in [6.07, 6.45) is 0.589. The molecular formula is C11H11Cl2N5O. The fraction of sp³-hybridized carbons (Fsp3) is 0.182. The number of nitrogens with two attached hydrogens (primary N) is 1. The molecule has 2 aromatic rings. The van der Waals surface area contributed by atoms with Gasteiger partial charge in [-0.3, -0.25) is 9.89 Å². The molecule has 0 unspecified atom stereocenters. The van der Waals surface area contributed by atoms with E-state index in [1.165, 1.54) is 0 Å². The molecule has 1 heterocycles. The third-order valence-electron chi connectivity index (χ3n) is 2.41. The van der Waals surface area contributed by atoms with Gasteiger partial charge < -0.3 is 11.1 Å². The molecule has 6 nitrogen and oxygen atoms in total. The standard InChI is InChI=1S/C11H11Cl2N5O/c12-7-2-1-6(8(13)5-7)3-4-15-10(19)9-16-11(14)18-17-9/h1-2,5H,3-4H2,(H,15,19)(H3,14,16,17,18). The highest BCUT2D eigenvalue weighted by molar-refractivity contribution is 6.35. The number of H-pyrrole nitrogens is 1. The van der Waals surface area contributed by atoms with Crippen LogP contribution in [0.25, 0.3) is 0 Å². The summed E-state index contributed by atoms with van der Waals surface area (Å²) in [4.78, 5) is 15.4. The molecule has 0 aliphatic heterocycles. The highest BCUT2D eigenvalue weighted by atomic mass is 35.5. The summed E-state index contributed by atoms with van der Waals surface area (Å²) < 4.78 is 0. The number of nitrogens with zero attached hydrogens (tertiary/aromatic N) is 2. The Morgan fingerprint density at radius 3 is 2.84 bits per heavy atom. The molecule has 0 radical (unpaired) electrons. The SMILES string of the molecule is Nc1n[nH]c(C(=O)NCCc2ccc(Cl)cc2Cl)n1. The number of hydrogen-bond donors (Lipinski definition) is 3. The Bertz CT molecular complexity index is 599. The largest absolute Gasteiger partial charge is 0.366 e. The van der Waals surface area contributed by atoms with Crippen LogP contribution in [0.3, 0.4) is 0 Å². The van der Waals surface area contributed by atoms with Crippen molar-refractivity contribution >= 4 is 35.1 Å². The first kappa shape index (κ1) is 13.6. The Kier molecular flexibility index (Phi) is 4.24. The van der Waals surface area contributed by atoms with Crippen molar-refractivity contribution in [1.82, 2.24) is 20.5 Å². The zero-order chi connectivity index (χ0) is 13.8. The maximum atomic E-state index is 11.6. The molecule has 4 N–H and O–H groups in total. The fourth-order valence-corrected chi connectivity index (χ4v) is 2.00. The first-order chi connectivity index (χ1) is 9.06. The second-order valence-electron chi connectivity index (χ2n) is 3.78. The molecule has 19 heavy (non-hydrogen) atoms. The summed E-state index contributed by atoms with van der Waals surface area (Å²) in [7, 11) is 0. The summed E-state index contributed by atoms with van der Waals surface area (Å²) in [5.74, 6) is -0.250. The van der Waals surface area contributed by atoms with Gasteiger partial charge in [0.2, 0.25) is 11.8 Å². The van der Waals surface area contributed by atoms with Crippen molar-refractivity contribution in [1.29, 1.82) is 0 Å². The number of aromatic amines is 1. The van der Waals surface area contributed by atoms with Crippen LogP contribution in [-0.4, -0.2) is 27.6 Å². The van der Waals surface area contributed by atoms with Gasteiger partial charge in [-0.1, -0.05) is 29.3 Å². The van der Waals surface area contributed by atoms with E-state index in [0.29, 0.717) is 23.0 Å². The molecule has 8 heteroatoms. The molecule has 1 amide bonds. The van der Waals surface area contributed by atoms with Crippen LogP contribution in [0.15, 0.2) is 18.2 Å². The van der Waals surface area contributed by atoms with E-state index in [9.17, 15) is 4.79 Å². The van der Waals surface area contributed by atoms with Crippen molar-refractivity contribution in [3.05, 3.63) is 39.6 Å². The van der Waals surface area contributed by atoms with Crippen LogP contribution >= 0.6 is 23.2 Å². The van der Waals surface area contributed by atoms with Crippen LogP contribution in [0.5, 0.6) is 0 Å². The molecule has 2 rings (SSSR count). The van der Waals surface area contributed by atoms with E-state index in [0.717, 1.165) is 5.56 Å². The van der Waals surface area contributed by atoms with Crippen molar-refractivity contribution in [3.8, 4) is 0 Å². The van der Waals surface area contributed by atoms with Crippen molar-refractivity contribution in [2.75, 3.05) is 12.3 Å². The smallest absolute Gasteiger partial charge is 0.288 e. The predicted octanol–water partition coefficient (Wildman–Crippen LogP) is 1.67. The fourth-order valence-electron chi connectivity index (χ4n) is 1.50. The number of anilines is 1. The minimum absolute atomic E-state index is 0.0332. The highest BCUT2D eigenvalue weighted by Crippen LogP contribution is 2.20. The maximum Gasteiger partial charge on any atom is 0.288 e.